The third-order valence-corrected chi connectivity index (χ3v) is 6.18. The molecule has 1 aliphatic rings. The molecule has 3 heteroatoms. The summed E-state index contributed by atoms with van der Waals surface area (Å²) in [4.78, 5) is 7.73. The van der Waals surface area contributed by atoms with Crippen molar-refractivity contribution in [1.82, 2.24) is 9.88 Å². The Labute approximate surface area is 178 Å². The molecule has 152 valence electrons. The molecule has 3 nitrogen and oxygen atoms in total. The lowest BCUT2D eigenvalue weighted by atomic mass is 9.89. The van der Waals surface area contributed by atoms with Crippen LogP contribution in [0.15, 0.2) is 60.7 Å². The molecule has 1 aliphatic heterocycles. The number of benzene rings is 3. The summed E-state index contributed by atoms with van der Waals surface area (Å²) in [5.41, 5.74) is 6.18. The number of nitrogens with zero attached hydrogens (tertiary/aromatic N) is 2. The Morgan fingerprint density at radius 3 is 2.73 bits per heavy atom. The van der Waals surface area contributed by atoms with E-state index in [1.807, 2.05) is 6.07 Å². The first-order chi connectivity index (χ1) is 14.8. The van der Waals surface area contributed by atoms with Gasteiger partial charge in [-0.05, 0) is 59.5 Å². The number of fused-ring (bicyclic) bond motifs is 5. The topological polar surface area (TPSA) is 25.4 Å². The zero-order valence-electron chi connectivity index (χ0n) is 17.8. The first kappa shape index (κ1) is 19.1. The second-order valence-electron chi connectivity index (χ2n) is 8.09. The molecule has 4 aromatic rings. The van der Waals surface area contributed by atoms with Gasteiger partial charge >= 0.3 is 0 Å². The van der Waals surface area contributed by atoms with Gasteiger partial charge in [0, 0.05) is 24.0 Å². The van der Waals surface area contributed by atoms with E-state index < -0.39 is 0 Å². The van der Waals surface area contributed by atoms with E-state index in [1.54, 1.807) is 0 Å². The van der Waals surface area contributed by atoms with Crippen LogP contribution in [0.2, 0.25) is 0 Å². The molecule has 0 fully saturated rings. The Kier molecular flexibility index (Phi) is 5.14. The van der Waals surface area contributed by atoms with Crippen LogP contribution in [0.3, 0.4) is 0 Å². The van der Waals surface area contributed by atoms with Crippen LogP contribution in [-0.2, 0) is 13.0 Å². The summed E-state index contributed by atoms with van der Waals surface area (Å²) in [6, 6.07) is 21.5. The summed E-state index contributed by atoms with van der Waals surface area (Å²) >= 11 is 0. The summed E-state index contributed by atoms with van der Waals surface area (Å²) in [5.74, 6) is 0.923. The molecular weight excluding hydrogens is 368 g/mol. The van der Waals surface area contributed by atoms with Gasteiger partial charge in [0.25, 0.3) is 0 Å². The molecule has 0 bridgehead atoms. The fourth-order valence-corrected chi connectivity index (χ4v) is 4.63. The number of likely N-dealkylation sites (N-methyl/N-ethyl adjacent to an activating group) is 1. The number of rotatable bonds is 5. The maximum atomic E-state index is 5.91. The fraction of sp³-hybridized carbons (Fsp3) is 0.296. The maximum Gasteiger partial charge on any atom is 0.119 e. The Balaban J connectivity index is 1.75. The summed E-state index contributed by atoms with van der Waals surface area (Å²) in [5, 5.41) is 3.94. The van der Waals surface area contributed by atoms with Gasteiger partial charge in [-0.1, -0.05) is 56.3 Å². The molecule has 0 aliphatic carbocycles. The largest absolute Gasteiger partial charge is 0.494 e. The molecule has 0 spiro atoms. The Morgan fingerprint density at radius 1 is 0.967 bits per heavy atom. The van der Waals surface area contributed by atoms with E-state index in [0.717, 1.165) is 61.6 Å². The molecule has 3 aromatic carbocycles. The van der Waals surface area contributed by atoms with Gasteiger partial charge in [-0.2, -0.15) is 0 Å². The summed E-state index contributed by atoms with van der Waals surface area (Å²) in [6.07, 6.45) is 2.07. The Bertz CT molecular complexity index is 1210. The van der Waals surface area contributed by atoms with Crippen LogP contribution < -0.4 is 4.74 Å². The van der Waals surface area contributed by atoms with Gasteiger partial charge in [-0.3, -0.25) is 4.90 Å². The van der Waals surface area contributed by atoms with Gasteiger partial charge in [0.05, 0.1) is 17.8 Å². The molecule has 0 saturated heterocycles. The number of aromatic nitrogens is 1. The lowest BCUT2D eigenvalue weighted by Gasteiger charge is -2.30. The Morgan fingerprint density at radius 2 is 1.87 bits per heavy atom. The molecule has 2 heterocycles. The van der Waals surface area contributed by atoms with Crippen molar-refractivity contribution in [3.8, 4) is 17.0 Å². The second kappa shape index (κ2) is 8.08. The second-order valence-corrected chi connectivity index (χ2v) is 8.09. The molecule has 0 saturated carbocycles. The highest BCUT2D eigenvalue weighted by Gasteiger charge is 2.23. The molecule has 30 heavy (non-hydrogen) atoms. The average molecular weight is 397 g/mol. The number of pyridine rings is 1. The van der Waals surface area contributed by atoms with Crippen molar-refractivity contribution in [1.29, 1.82) is 0 Å². The van der Waals surface area contributed by atoms with E-state index in [-0.39, 0.29) is 0 Å². The average Bonchev–Trinajstić information content (AvgIpc) is 2.81. The van der Waals surface area contributed by atoms with Crippen molar-refractivity contribution in [2.75, 3.05) is 19.7 Å². The zero-order chi connectivity index (χ0) is 20.5. The van der Waals surface area contributed by atoms with Crippen LogP contribution in [0.1, 0.15) is 31.4 Å². The van der Waals surface area contributed by atoms with Crippen LogP contribution >= 0.6 is 0 Å². The summed E-state index contributed by atoms with van der Waals surface area (Å²) < 4.78 is 5.91. The first-order valence-electron chi connectivity index (χ1n) is 11.1. The fourth-order valence-electron chi connectivity index (χ4n) is 4.63. The van der Waals surface area contributed by atoms with E-state index in [1.165, 1.54) is 27.3 Å². The van der Waals surface area contributed by atoms with Crippen molar-refractivity contribution in [2.45, 2.75) is 33.2 Å². The van der Waals surface area contributed by atoms with E-state index >= 15 is 0 Å². The highest BCUT2D eigenvalue weighted by Crippen LogP contribution is 2.37. The molecule has 0 N–H and O–H groups in total. The number of hydrogen-bond acceptors (Lipinski definition) is 3. The van der Waals surface area contributed by atoms with Crippen molar-refractivity contribution in [3.05, 3.63) is 71.8 Å². The normalized spacial score (nSPS) is 14.2. The summed E-state index contributed by atoms with van der Waals surface area (Å²) in [6.45, 7) is 8.23. The molecule has 1 aromatic heterocycles. The molecule has 0 atom stereocenters. The van der Waals surface area contributed by atoms with E-state index in [0.29, 0.717) is 0 Å². The highest BCUT2D eigenvalue weighted by molar-refractivity contribution is 6.09. The van der Waals surface area contributed by atoms with Crippen LogP contribution in [-0.4, -0.2) is 29.6 Å². The predicted molar refractivity (Wildman–Crippen MR) is 125 cm³/mol. The number of ether oxygens (including phenoxy) is 1. The standard InChI is InChI=1S/C27H28N2O/c1-3-16-30-21-10-7-9-20(17-21)27-24-18-29(4-2)15-14-23(24)26-22-11-6-5-8-19(22)12-13-25(26)28-27/h5-13,17H,3-4,14-16,18H2,1-2H3. The van der Waals surface area contributed by atoms with E-state index in [2.05, 4.69) is 73.3 Å². The van der Waals surface area contributed by atoms with Crippen LogP contribution in [0.5, 0.6) is 5.75 Å². The van der Waals surface area contributed by atoms with Crippen molar-refractivity contribution in [2.24, 2.45) is 0 Å². The zero-order valence-corrected chi connectivity index (χ0v) is 17.8. The van der Waals surface area contributed by atoms with Gasteiger partial charge in [0.15, 0.2) is 0 Å². The lowest BCUT2D eigenvalue weighted by molar-refractivity contribution is 0.269. The lowest BCUT2D eigenvalue weighted by Crippen LogP contribution is -2.31. The SMILES string of the molecule is CCCOc1cccc(-c2nc3ccc4ccccc4c3c3c2CN(CC)CC3)c1. The highest BCUT2D eigenvalue weighted by atomic mass is 16.5. The summed E-state index contributed by atoms with van der Waals surface area (Å²) in [7, 11) is 0. The minimum Gasteiger partial charge on any atom is -0.494 e. The quantitative estimate of drug-likeness (QED) is 0.374. The minimum absolute atomic E-state index is 0.738. The Hall–Kier alpha value is -2.91. The van der Waals surface area contributed by atoms with E-state index in [4.69, 9.17) is 9.72 Å². The third kappa shape index (κ3) is 3.33. The molecule has 5 rings (SSSR count). The van der Waals surface area contributed by atoms with Gasteiger partial charge in [0.1, 0.15) is 5.75 Å². The van der Waals surface area contributed by atoms with Gasteiger partial charge in [0.2, 0.25) is 0 Å². The monoisotopic (exact) mass is 396 g/mol. The van der Waals surface area contributed by atoms with Crippen molar-refractivity contribution in [3.63, 3.8) is 0 Å². The van der Waals surface area contributed by atoms with Crippen LogP contribution in [0.25, 0.3) is 32.9 Å². The third-order valence-electron chi connectivity index (χ3n) is 6.18. The molecule has 0 unspecified atom stereocenters. The molecule has 0 amide bonds. The maximum absolute atomic E-state index is 5.91. The first-order valence-corrected chi connectivity index (χ1v) is 11.1. The van der Waals surface area contributed by atoms with Crippen molar-refractivity contribution >= 4 is 21.7 Å². The van der Waals surface area contributed by atoms with Gasteiger partial charge in [-0.15, -0.1) is 0 Å². The van der Waals surface area contributed by atoms with Gasteiger partial charge < -0.3 is 4.74 Å². The van der Waals surface area contributed by atoms with Crippen molar-refractivity contribution < 1.29 is 4.74 Å². The number of hydrogen-bond donors (Lipinski definition) is 0. The predicted octanol–water partition coefficient (Wildman–Crippen LogP) is 6.22. The minimum atomic E-state index is 0.738. The van der Waals surface area contributed by atoms with Gasteiger partial charge in [-0.25, -0.2) is 4.98 Å². The molecule has 0 radical (unpaired) electrons. The van der Waals surface area contributed by atoms with E-state index in [9.17, 15) is 0 Å². The molecular formula is C27H28N2O. The van der Waals surface area contributed by atoms with Crippen LogP contribution in [0.4, 0.5) is 0 Å². The smallest absolute Gasteiger partial charge is 0.119 e. The van der Waals surface area contributed by atoms with Crippen LogP contribution in [0, 0.1) is 0 Å².